The number of nitrogens with zero attached hydrogens (tertiary/aromatic N) is 2. The number of carbonyl (C=O) groups excluding carboxylic acids is 5. The number of ketones is 1. The van der Waals surface area contributed by atoms with Gasteiger partial charge in [0.1, 0.15) is 12.1 Å². The summed E-state index contributed by atoms with van der Waals surface area (Å²) in [6, 6.07) is -3.25. The first-order valence-corrected chi connectivity index (χ1v) is 18.0. The van der Waals surface area contributed by atoms with Gasteiger partial charge < -0.3 is 26.6 Å². The molecular formula is C35H54N6O5S. The molecule has 0 radical (unpaired) electrons. The van der Waals surface area contributed by atoms with Crippen LogP contribution in [-0.4, -0.2) is 69.6 Å². The van der Waals surface area contributed by atoms with Gasteiger partial charge in [0.2, 0.25) is 17.6 Å². The SMILES string of the molecule is CC(C)=C(C)[C@@H]1C[C@@H](C(=O)NC(CC2CCC2)C(=O)C(N)=O)N(C(=O)[C@@H](NC(=O)NC2(Cc3nccs3)CCCCC2)C(C)(C)C)C1. The summed E-state index contributed by atoms with van der Waals surface area (Å²) >= 11 is 1.57. The van der Waals surface area contributed by atoms with Crippen molar-refractivity contribution in [1.29, 1.82) is 0 Å². The Balaban J connectivity index is 1.57. The van der Waals surface area contributed by atoms with Gasteiger partial charge in [-0.05, 0) is 63.7 Å². The fraction of sp³-hybridized carbons (Fsp3) is 0.714. The third-order valence-corrected chi connectivity index (χ3v) is 11.3. The highest BCUT2D eigenvalue weighted by atomic mass is 32.1. The van der Waals surface area contributed by atoms with Gasteiger partial charge in [-0.1, -0.05) is 70.4 Å². The molecule has 1 unspecified atom stereocenters. The van der Waals surface area contributed by atoms with Crippen LogP contribution in [0.1, 0.15) is 111 Å². The molecule has 4 rings (SSSR count). The maximum absolute atomic E-state index is 14.5. The Bertz CT molecular complexity index is 1340. The molecular weight excluding hydrogens is 616 g/mol. The highest BCUT2D eigenvalue weighted by Crippen LogP contribution is 2.35. The molecule has 5 N–H and O–H groups in total. The van der Waals surface area contributed by atoms with E-state index in [2.05, 4.69) is 20.9 Å². The zero-order valence-electron chi connectivity index (χ0n) is 28.9. The van der Waals surface area contributed by atoms with E-state index in [1.54, 1.807) is 22.4 Å². The van der Waals surface area contributed by atoms with Crippen molar-refractivity contribution in [2.75, 3.05) is 6.54 Å². The summed E-state index contributed by atoms with van der Waals surface area (Å²) in [6.45, 7) is 12.0. The van der Waals surface area contributed by atoms with Gasteiger partial charge in [-0.3, -0.25) is 19.2 Å². The predicted octanol–water partition coefficient (Wildman–Crippen LogP) is 4.41. The van der Waals surface area contributed by atoms with Crippen molar-refractivity contribution in [3.63, 3.8) is 0 Å². The second-order valence-corrected chi connectivity index (χ2v) is 16.3. The molecule has 11 nitrogen and oxygen atoms in total. The van der Waals surface area contributed by atoms with Crippen LogP contribution in [0, 0.1) is 17.3 Å². The third-order valence-electron chi connectivity index (χ3n) is 10.5. The average Bonchev–Trinajstić information content (AvgIpc) is 3.66. The largest absolute Gasteiger partial charge is 0.363 e. The van der Waals surface area contributed by atoms with Crippen molar-refractivity contribution in [3.8, 4) is 0 Å². The zero-order valence-corrected chi connectivity index (χ0v) is 29.8. The summed E-state index contributed by atoms with van der Waals surface area (Å²) < 4.78 is 0. The normalized spacial score (nSPS) is 22.4. The Hall–Kier alpha value is -3.28. The molecule has 12 heteroatoms. The van der Waals surface area contributed by atoms with Gasteiger partial charge in [0.15, 0.2) is 0 Å². The molecule has 2 heterocycles. The Morgan fingerprint density at radius 1 is 1.04 bits per heavy atom. The van der Waals surface area contributed by atoms with Crippen LogP contribution in [0.2, 0.25) is 0 Å². The predicted molar refractivity (Wildman–Crippen MR) is 182 cm³/mol. The first-order valence-electron chi connectivity index (χ1n) is 17.2. The topological polar surface area (TPSA) is 164 Å². The van der Waals surface area contributed by atoms with E-state index in [9.17, 15) is 24.0 Å². The summed E-state index contributed by atoms with van der Waals surface area (Å²) in [4.78, 5) is 72.9. The molecule has 0 spiro atoms. The second-order valence-electron chi connectivity index (χ2n) is 15.3. The summed E-state index contributed by atoms with van der Waals surface area (Å²) in [5.41, 5.74) is 6.44. The monoisotopic (exact) mass is 670 g/mol. The van der Waals surface area contributed by atoms with Gasteiger partial charge in [-0.25, -0.2) is 9.78 Å². The van der Waals surface area contributed by atoms with Crippen LogP contribution in [0.25, 0.3) is 0 Å². The molecule has 3 fully saturated rings. The van der Waals surface area contributed by atoms with Crippen molar-refractivity contribution in [1.82, 2.24) is 25.8 Å². The van der Waals surface area contributed by atoms with Gasteiger partial charge in [0, 0.05) is 30.1 Å². The number of amides is 5. The maximum Gasteiger partial charge on any atom is 0.315 e. The Labute approximate surface area is 283 Å². The molecule has 0 bridgehead atoms. The highest BCUT2D eigenvalue weighted by Gasteiger charge is 2.47. The number of nitrogens with two attached hydrogens (primary N) is 1. The lowest BCUT2D eigenvalue weighted by Gasteiger charge is -2.40. The average molecular weight is 671 g/mol. The van der Waals surface area contributed by atoms with Crippen LogP contribution >= 0.6 is 11.3 Å². The van der Waals surface area contributed by atoms with E-state index in [4.69, 9.17) is 5.73 Å². The number of allylic oxidation sites excluding steroid dienone is 1. The third kappa shape index (κ3) is 9.21. The molecule has 0 aromatic carbocycles. The van der Waals surface area contributed by atoms with Gasteiger partial charge >= 0.3 is 6.03 Å². The number of hydrogen-bond acceptors (Lipinski definition) is 7. The van der Waals surface area contributed by atoms with Gasteiger partial charge in [0.05, 0.1) is 11.0 Å². The van der Waals surface area contributed by atoms with Crippen molar-refractivity contribution >= 4 is 40.9 Å². The lowest BCUT2D eigenvalue weighted by atomic mass is 9.79. The molecule has 4 atom stereocenters. The zero-order chi connectivity index (χ0) is 34.5. The molecule has 5 amide bonds. The molecule has 2 aliphatic carbocycles. The summed E-state index contributed by atoms with van der Waals surface area (Å²) in [7, 11) is 0. The quantitative estimate of drug-likeness (QED) is 0.190. The smallest absolute Gasteiger partial charge is 0.315 e. The molecule has 260 valence electrons. The van der Waals surface area contributed by atoms with E-state index in [1.807, 2.05) is 46.9 Å². The lowest BCUT2D eigenvalue weighted by Crippen LogP contribution is -2.62. The number of likely N-dealkylation sites (tertiary alicyclic amines) is 1. The van der Waals surface area contributed by atoms with Crippen molar-refractivity contribution < 1.29 is 24.0 Å². The van der Waals surface area contributed by atoms with E-state index in [1.165, 1.54) is 0 Å². The van der Waals surface area contributed by atoms with E-state index in [-0.39, 0.29) is 17.7 Å². The molecule has 1 aromatic heterocycles. The van der Waals surface area contributed by atoms with Crippen LogP contribution in [0.4, 0.5) is 4.79 Å². The van der Waals surface area contributed by atoms with Crippen molar-refractivity contribution in [3.05, 3.63) is 27.7 Å². The second kappa shape index (κ2) is 15.3. The van der Waals surface area contributed by atoms with Crippen LogP contribution in [0.5, 0.6) is 0 Å². The van der Waals surface area contributed by atoms with E-state index in [0.717, 1.165) is 67.5 Å². The molecule has 2 saturated carbocycles. The Kier molecular flexibility index (Phi) is 11.9. The minimum Gasteiger partial charge on any atom is -0.363 e. The number of Topliss-reactive ketones (excluding diaryl/α,β-unsaturated/α-hetero) is 1. The van der Waals surface area contributed by atoms with E-state index < -0.39 is 52.7 Å². The summed E-state index contributed by atoms with van der Waals surface area (Å²) in [5, 5.41) is 12.0. The molecule has 1 saturated heterocycles. The van der Waals surface area contributed by atoms with Crippen molar-refractivity contribution in [2.24, 2.45) is 23.0 Å². The minimum atomic E-state index is -1.08. The first kappa shape index (κ1) is 36.6. The van der Waals surface area contributed by atoms with E-state index in [0.29, 0.717) is 25.8 Å². The molecule has 3 aliphatic rings. The number of rotatable bonds is 12. The number of nitrogens with one attached hydrogen (secondary N) is 3. The standard InChI is InChI=1S/C35H54N6O5S/c1-21(2)22(3)24-18-26(31(44)38-25(28(42)30(36)43)17-23-11-10-12-23)41(20-24)32(45)29(34(4,5)6)39-33(46)40-35(13-8-7-9-14-35)19-27-37-15-16-47-27/h15-16,23-26,29H,7-14,17-20H2,1-6H3,(H2,36,43)(H,38,44)(H2,39,40,46)/t24-,25?,26+,29-/m1/s1. The molecule has 47 heavy (non-hydrogen) atoms. The van der Waals surface area contributed by atoms with Crippen LogP contribution < -0.4 is 21.7 Å². The van der Waals surface area contributed by atoms with Crippen LogP contribution in [0.15, 0.2) is 22.7 Å². The highest BCUT2D eigenvalue weighted by molar-refractivity contribution is 7.09. The number of carbonyl (C=O) groups is 5. The lowest BCUT2D eigenvalue weighted by molar-refractivity contribution is -0.143. The number of hydrogen-bond donors (Lipinski definition) is 4. The Morgan fingerprint density at radius 2 is 1.72 bits per heavy atom. The fourth-order valence-electron chi connectivity index (χ4n) is 7.21. The van der Waals surface area contributed by atoms with E-state index >= 15 is 0 Å². The number of primary amides is 1. The molecule has 1 aromatic rings. The first-order chi connectivity index (χ1) is 22.1. The van der Waals surface area contributed by atoms with Gasteiger partial charge in [0.25, 0.3) is 5.91 Å². The van der Waals surface area contributed by atoms with Crippen molar-refractivity contribution in [2.45, 2.75) is 136 Å². The summed E-state index contributed by atoms with van der Waals surface area (Å²) in [6.07, 6.45) is 10.8. The number of thiazole rings is 1. The minimum absolute atomic E-state index is 0.0742. The number of urea groups is 1. The maximum atomic E-state index is 14.5. The van der Waals surface area contributed by atoms with Crippen LogP contribution in [0.3, 0.4) is 0 Å². The van der Waals surface area contributed by atoms with Gasteiger partial charge in [-0.15, -0.1) is 11.3 Å². The van der Waals surface area contributed by atoms with Crippen LogP contribution in [-0.2, 0) is 25.6 Å². The van der Waals surface area contributed by atoms with Gasteiger partial charge in [-0.2, -0.15) is 0 Å². The summed E-state index contributed by atoms with van der Waals surface area (Å²) in [5.74, 6) is -2.58. The Morgan fingerprint density at radius 3 is 2.26 bits per heavy atom. The molecule has 1 aliphatic heterocycles. The fourth-order valence-corrected chi connectivity index (χ4v) is 7.97. The number of aromatic nitrogens is 1.